The van der Waals surface area contributed by atoms with Crippen LogP contribution in [0.5, 0.6) is 0 Å². The number of nitrogens with zero attached hydrogens (tertiary/aromatic N) is 3. The molecule has 1 atom stereocenters. The van der Waals surface area contributed by atoms with Crippen molar-refractivity contribution in [2.24, 2.45) is 0 Å². The predicted molar refractivity (Wildman–Crippen MR) is 80.4 cm³/mol. The molecule has 0 spiro atoms. The number of nitrogens with one attached hydrogen (secondary N) is 1. The first-order valence-corrected chi connectivity index (χ1v) is 7.30. The lowest BCUT2D eigenvalue weighted by Crippen LogP contribution is -2.49. The Morgan fingerprint density at radius 1 is 1.42 bits per heavy atom. The Morgan fingerprint density at radius 2 is 2.26 bits per heavy atom. The van der Waals surface area contributed by atoms with Crippen LogP contribution in [0.1, 0.15) is 26.0 Å². The first-order valence-electron chi connectivity index (χ1n) is 7.30. The molecule has 1 unspecified atom stereocenters. The van der Waals surface area contributed by atoms with Crippen LogP contribution in [0.2, 0.25) is 0 Å². The van der Waals surface area contributed by atoms with Crippen molar-refractivity contribution in [3.8, 4) is 0 Å². The highest BCUT2D eigenvalue weighted by Gasteiger charge is 2.21. The van der Waals surface area contributed by atoms with Gasteiger partial charge in [-0.2, -0.15) is 0 Å². The number of likely N-dealkylation sites (N-methyl/N-ethyl adjacent to an activating group) is 1. The molecule has 4 nitrogen and oxygen atoms in total. The summed E-state index contributed by atoms with van der Waals surface area (Å²) in [5, 5.41) is 3.42. The van der Waals surface area contributed by atoms with E-state index in [9.17, 15) is 0 Å². The van der Waals surface area contributed by atoms with E-state index in [1.165, 1.54) is 5.69 Å². The zero-order chi connectivity index (χ0) is 13.7. The van der Waals surface area contributed by atoms with Gasteiger partial charge in [-0.1, -0.05) is 6.92 Å². The van der Waals surface area contributed by atoms with Gasteiger partial charge in [0.1, 0.15) is 0 Å². The topological polar surface area (TPSA) is 31.4 Å². The lowest BCUT2D eigenvalue weighted by molar-refractivity contribution is 0.0927. The monoisotopic (exact) mass is 262 g/mol. The summed E-state index contributed by atoms with van der Waals surface area (Å²) >= 11 is 0. The SMILES string of the molecule is CCCNc1ccnc(CN2CCN(C)CC2C)c1. The van der Waals surface area contributed by atoms with Crippen molar-refractivity contribution >= 4 is 5.69 Å². The molecule has 0 saturated carbocycles. The molecule has 1 fully saturated rings. The molecule has 1 N–H and O–H groups in total. The molecule has 1 aliphatic heterocycles. The second-order valence-corrected chi connectivity index (χ2v) is 5.54. The standard InChI is InChI=1S/C15H26N4/c1-4-6-16-14-5-7-17-15(10-14)12-19-9-8-18(3)11-13(19)2/h5,7,10,13H,4,6,8-9,11-12H2,1-3H3,(H,16,17). The molecule has 2 rings (SSSR count). The normalized spacial score (nSPS) is 21.5. The van der Waals surface area contributed by atoms with Gasteiger partial charge in [-0.15, -0.1) is 0 Å². The third-order valence-corrected chi connectivity index (χ3v) is 3.73. The van der Waals surface area contributed by atoms with Crippen molar-refractivity contribution in [3.63, 3.8) is 0 Å². The van der Waals surface area contributed by atoms with Crippen LogP contribution in [0.25, 0.3) is 0 Å². The zero-order valence-electron chi connectivity index (χ0n) is 12.4. The highest BCUT2D eigenvalue weighted by Crippen LogP contribution is 2.14. The Bertz CT molecular complexity index is 393. The van der Waals surface area contributed by atoms with Crippen molar-refractivity contribution in [1.82, 2.24) is 14.8 Å². The molecule has 0 aliphatic carbocycles. The summed E-state index contributed by atoms with van der Waals surface area (Å²) in [5.74, 6) is 0. The van der Waals surface area contributed by atoms with Crippen molar-refractivity contribution in [3.05, 3.63) is 24.0 Å². The van der Waals surface area contributed by atoms with Gasteiger partial charge in [-0.25, -0.2) is 0 Å². The Kier molecular flexibility index (Phi) is 5.16. The Balaban J connectivity index is 1.94. The van der Waals surface area contributed by atoms with Gasteiger partial charge in [0, 0.05) is 50.6 Å². The van der Waals surface area contributed by atoms with Crippen molar-refractivity contribution in [2.75, 3.05) is 38.5 Å². The van der Waals surface area contributed by atoms with Crippen molar-refractivity contribution < 1.29 is 0 Å². The van der Waals surface area contributed by atoms with E-state index in [0.29, 0.717) is 6.04 Å². The zero-order valence-corrected chi connectivity index (χ0v) is 12.4. The van der Waals surface area contributed by atoms with E-state index >= 15 is 0 Å². The van der Waals surface area contributed by atoms with Gasteiger partial charge < -0.3 is 10.2 Å². The number of hydrogen-bond donors (Lipinski definition) is 1. The van der Waals surface area contributed by atoms with Gasteiger partial charge in [0.2, 0.25) is 0 Å². The van der Waals surface area contributed by atoms with E-state index in [-0.39, 0.29) is 0 Å². The molecule has 0 amide bonds. The number of anilines is 1. The summed E-state index contributed by atoms with van der Waals surface area (Å²) in [7, 11) is 2.20. The van der Waals surface area contributed by atoms with Crippen molar-refractivity contribution in [1.29, 1.82) is 0 Å². The van der Waals surface area contributed by atoms with E-state index in [1.807, 2.05) is 12.3 Å². The summed E-state index contributed by atoms with van der Waals surface area (Å²) in [6.07, 6.45) is 3.06. The molecule has 1 aromatic heterocycles. The minimum Gasteiger partial charge on any atom is -0.385 e. The third-order valence-electron chi connectivity index (χ3n) is 3.73. The van der Waals surface area contributed by atoms with E-state index in [0.717, 1.165) is 44.8 Å². The average molecular weight is 262 g/mol. The maximum Gasteiger partial charge on any atom is 0.0564 e. The lowest BCUT2D eigenvalue weighted by atomic mass is 10.2. The molecule has 4 heteroatoms. The van der Waals surface area contributed by atoms with Gasteiger partial charge in [0.05, 0.1) is 5.69 Å². The van der Waals surface area contributed by atoms with Crippen LogP contribution in [0.3, 0.4) is 0 Å². The first kappa shape index (κ1) is 14.3. The first-order chi connectivity index (χ1) is 9.19. The molecular formula is C15H26N4. The molecule has 19 heavy (non-hydrogen) atoms. The number of hydrogen-bond acceptors (Lipinski definition) is 4. The summed E-state index contributed by atoms with van der Waals surface area (Å²) in [4.78, 5) is 9.42. The molecule has 106 valence electrons. The number of aromatic nitrogens is 1. The lowest BCUT2D eigenvalue weighted by Gasteiger charge is -2.38. The van der Waals surface area contributed by atoms with Crippen LogP contribution in [0, 0.1) is 0 Å². The highest BCUT2D eigenvalue weighted by atomic mass is 15.3. The molecule has 0 radical (unpaired) electrons. The van der Waals surface area contributed by atoms with Crippen LogP contribution < -0.4 is 5.32 Å². The maximum atomic E-state index is 4.50. The molecule has 1 aromatic rings. The average Bonchev–Trinajstić information content (AvgIpc) is 2.40. The van der Waals surface area contributed by atoms with Crippen LogP contribution >= 0.6 is 0 Å². The summed E-state index contributed by atoms with van der Waals surface area (Å²) in [5.41, 5.74) is 2.35. The predicted octanol–water partition coefficient (Wildman–Crippen LogP) is 2.04. The number of pyridine rings is 1. The molecule has 1 saturated heterocycles. The fourth-order valence-electron chi connectivity index (χ4n) is 2.56. The summed E-state index contributed by atoms with van der Waals surface area (Å²) in [6, 6.07) is 4.83. The minimum atomic E-state index is 0.604. The molecule has 0 bridgehead atoms. The van der Waals surface area contributed by atoms with Gasteiger partial charge in [0.25, 0.3) is 0 Å². The smallest absolute Gasteiger partial charge is 0.0564 e. The number of piperazine rings is 1. The van der Waals surface area contributed by atoms with E-state index in [1.54, 1.807) is 0 Å². The largest absolute Gasteiger partial charge is 0.385 e. The van der Waals surface area contributed by atoms with Gasteiger partial charge in [-0.05, 0) is 32.5 Å². The quantitative estimate of drug-likeness (QED) is 0.880. The highest BCUT2D eigenvalue weighted by molar-refractivity contribution is 5.43. The number of rotatable bonds is 5. The van der Waals surface area contributed by atoms with E-state index < -0.39 is 0 Å². The van der Waals surface area contributed by atoms with Gasteiger partial charge in [0.15, 0.2) is 0 Å². The Morgan fingerprint density at radius 3 is 3.00 bits per heavy atom. The molecule has 0 aromatic carbocycles. The van der Waals surface area contributed by atoms with Crippen LogP contribution in [0.4, 0.5) is 5.69 Å². The van der Waals surface area contributed by atoms with Gasteiger partial charge >= 0.3 is 0 Å². The fourth-order valence-corrected chi connectivity index (χ4v) is 2.56. The van der Waals surface area contributed by atoms with Gasteiger partial charge in [-0.3, -0.25) is 9.88 Å². The summed E-state index contributed by atoms with van der Waals surface area (Å²) in [6.45, 7) is 9.89. The van der Waals surface area contributed by atoms with E-state index in [4.69, 9.17) is 0 Å². The fraction of sp³-hybridized carbons (Fsp3) is 0.667. The van der Waals surface area contributed by atoms with Crippen LogP contribution in [0.15, 0.2) is 18.3 Å². The second kappa shape index (κ2) is 6.87. The molecule has 2 heterocycles. The molecular weight excluding hydrogens is 236 g/mol. The van der Waals surface area contributed by atoms with Crippen LogP contribution in [-0.2, 0) is 6.54 Å². The van der Waals surface area contributed by atoms with Crippen molar-refractivity contribution in [2.45, 2.75) is 32.9 Å². The van der Waals surface area contributed by atoms with Crippen LogP contribution in [-0.4, -0.2) is 54.1 Å². The Hall–Kier alpha value is -1.13. The van der Waals surface area contributed by atoms with E-state index in [2.05, 4.69) is 47.1 Å². The third kappa shape index (κ3) is 4.18. The maximum absolute atomic E-state index is 4.50. The minimum absolute atomic E-state index is 0.604. The molecule has 1 aliphatic rings. The Labute approximate surface area is 116 Å². The summed E-state index contributed by atoms with van der Waals surface area (Å²) < 4.78 is 0. The second-order valence-electron chi connectivity index (χ2n) is 5.54.